The summed E-state index contributed by atoms with van der Waals surface area (Å²) in [6.45, 7) is 1.66. The third-order valence-corrected chi connectivity index (χ3v) is 2.01. The van der Waals surface area contributed by atoms with Gasteiger partial charge in [-0.15, -0.1) is 0 Å². The van der Waals surface area contributed by atoms with Crippen molar-refractivity contribution >= 4 is 17.5 Å². The van der Waals surface area contributed by atoms with Gasteiger partial charge in [-0.05, 0) is 31.2 Å². The molecule has 0 aliphatic carbocycles. The molecule has 1 aromatic rings. The Morgan fingerprint density at radius 2 is 2.07 bits per heavy atom. The maximum absolute atomic E-state index is 11.5. The third-order valence-electron chi connectivity index (χ3n) is 1.76. The van der Waals surface area contributed by atoms with Crippen molar-refractivity contribution in [2.24, 2.45) is 0 Å². The van der Waals surface area contributed by atoms with Gasteiger partial charge in [0.25, 0.3) is 5.91 Å². The first kappa shape index (κ1) is 11.0. The number of benzene rings is 1. The molecule has 0 bridgehead atoms. The van der Waals surface area contributed by atoms with Crippen LogP contribution in [0.3, 0.4) is 0 Å². The smallest absolute Gasteiger partial charge is 0.251 e. The molecule has 0 saturated heterocycles. The highest BCUT2D eigenvalue weighted by Crippen LogP contribution is 2.09. The first-order valence-electron chi connectivity index (χ1n) is 4.30. The fourth-order valence-corrected chi connectivity index (χ4v) is 1.08. The van der Waals surface area contributed by atoms with Crippen LogP contribution in [0.5, 0.6) is 0 Å². The van der Waals surface area contributed by atoms with Crippen LogP contribution in [0.25, 0.3) is 0 Å². The van der Waals surface area contributed by atoms with Gasteiger partial charge in [-0.1, -0.05) is 11.6 Å². The van der Waals surface area contributed by atoms with Gasteiger partial charge < -0.3 is 10.4 Å². The van der Waals surface area contributed by atoms with Crippen molar-refractivity contribution < 1.29 is 9.90 Å². The lowest BCUT2D eigenvalue weighted by Crippen LogP contribution is -2.34. The van der Waals surface area contributed by atoms with Crippen molar-refractivity contribution in [1.82, 2.24) is 5.32 Å². The predicted molar refractivity (Wildman–Crippen MR) is 55.5 cm³/mol. The van der Waals surface area contributed by atoms with Crippen LogP contribution in [0, 0.1) is 0 Å². The Kier molecular flexibility index (Phi) is 3.92. The highest BCUT2D eigenvalue weighted by atomic mass is 35.5. The molecule has 3 nitrogen and oxygen atoms in total. The van der Waals surface area contributed by atoms with Gasteiger partial charge in [0.15, 0.2) is 0 Å². The van der Waals surface area contributed by atoms with E-state index in [2.05, 4.69) is 5.32 Å². The number of carbonyl (C=O) groups is 1. The number of halogens is 1. The van der Waals surface area contributed by atoms with Crippen LogP contribution in [-0.2, 0) is 0 Å². The van der Waals surface area contributed by atoms with E-state index in [9.17, 15) is 4.79 Å². The van der Waals surface area contributed by atoms with Crippen molar-refractivity contribution in [2.45, 2.75) is 13.0 Å². The molecule has 1 rings (SSSR count). The summed E-state index contributed by atoms with van der Waals surface area (Å²) >= 11 is 5.68. The van der Waals surface area contributed by atoms with Gasteiger partial charge in [-0.3, -0.25) is 4.79 Å². The number of rotatable bonds is 3. The minimum atomic E-state index is -0.238. The highest BCUT2D eigenvalue weighted by molar-refractivity contribution is 6.30. The lowest BCUT2D eigenvalue weighted by Gasteiger charge is -2.10. The average molecular weight is 214 g/mol. The van der Waals surface area contributed by atoms with Crippen LogP contribution in [0.1, 0.15) is 17.3 Å². The molecule has 1 amide bonds. The molecule has 14 heavy (non-hydrogen) atoms. The molecule has 0 spiro atoms. The van der Waals surface area contributed by atoms with Crippen LogP contribution >= 0.6 is 11.6 Å². The maximum Gasteiger partial charge on any atom is 0.251 e. The van der Waals surface area contributed by atoms with Crippen molar-refractivity contribution in [3.63, 3.8) is 0 Å². The second-order valence-corrected chi connectivity index (χ2v) is 3.50. The Morgan fingerprint density at radius 1 is 1.50 bits per heavy atom. The van der Waals surface area contributed by atoms with Gasteiger partial charge in [-0.2, -0.15) is 0 Å². The summed E-state index contributed by atoms with van der Waals surface area (Å²) in [6, 6.07) is 6.35. The summed E-state index contributed by atoms with van der Waals surface area (Å²) in [4.78, 5) is 11.5. The Balaban J connectivity index is 2.65. The zero-order chi connectivity index (χ0) is 10.6. The van der Waals surface area contributed by atoms with Crippen LogP contribution in [0.2, 0.25) is 5.02 Å². The molecule has 0 aliphatic heterocycles. The normalized spacial score (nSPS) is 12.2. The standard InChI is InChI=1S/C10H12ClNO2/c1-7(6-13)12-10(14)8-2-4-9(11)5-3-8/h2-5,7,13H,6H2,1H3,(H,12,14). The highest BCUT2D eigenvalue weighted by Gasteiger charge is 2.07. The zero-order valence-electron chi connectivity index (χ0n) is 7.83. The first-order chi connectivity index (χ1) is 6.63. The van der Waals surface area contributed by atoms with E-state index in [0.717, 1.165) is 0 Å². The molecular weight excluding hydrogens is 202 g/mol. The summed E-state index contributed by atoms with van der Waals surface area (Å²) in [6.07, 6.45) is 0. The quantitative estimate of drug-likeness (QED) is 0.799. The number of aliphatic hydroxyl groups excluding tert-OH is 1. The SMILES string of the molecule is CC(CO)NC(=O)c1ccc(Cl)cc1. The second kappa shape index (κ2) is 4.98. The topological polar surface area (TPSA) is 49.3 Å². The Hall–Kier alpha value is -1.06. The van der Waals surface area contributed by atoms with Crippen LogP contribution in [0.15, 0.2) is 24.3 Å². The van der Waals surface area contributed by atoms with Gasteiger partial charge in [0.1, 0.15) is 0 Å². The van der Waals surface area contributed by atoms with E-state index in [0.29, 0.717) is 10.6 Å². The van der Waals surface area contributed by atoms with Gasteiger partial charge >= 0.3 is 0 Å². The van der Waals surface area contributed by atoms with E-state index in [-0.39, 0.29) is 18.6 Å². The molecule has 0 aromatic heterocycles. The summed E-state index contributed by atoms with van der Waals surface area (Å²) in [5.41, 5.74) is 0.537. The van der Waals surface area contributed by atoms with Crippen LogP contribution in [-0.4, -0.2) is 23.7 Å². The largest absolute Gasteiger partial charge is 0.394 e. The molecule has 0 saturated carbocycles. The van der Waals surface area contributed by atoms with Gasteiger partial charge in [0, 0.05) is 16.6 Å². The van der Waals surface area contributed by atoms with Gasteiger partial charge in [0.05, 0.1) is 6.61 Å². The Bertz CT molecular complexity index is 310. The summed E-state index contributed by atoms with van der Waals surface area (Å²) in [7, 11) is 0. The fourth-order valence-electron chi connectivity index (χ4n) is 0.954. The van der Waals surface area contributed by atoms with E-state index in [4.69, 9.17) is 16.7 Å². The molecule has 0 heterocycles. The molecule has 1 atom stereocenters. The fraction of sp³-hybridized carbons (Fsp3) is 0.300. The number of aliphatic hydroxyl groups is 1. The van der Waals surface area contributed by atoms with E-state index in [1.807, 2.05) is 0 Å². The molecule has 2 N–H and O–H groups in total. The molecule has 0 radical (unpaired) electrons. The molecule has 4 heteroatoms. The Morgan fingerprint density at radius 3 is 2.57 bits per heavy atom. The number of nitrogens with one attached hydrogen (secondary N) is 1. The van der Waals surface area contributed by atoms with Crippen molar-refractivity contribution in [3.05, 3.63) is 34.9 Å². The van der Waals surface area contributed by atoms with Crippen molar-refractivity contribution in [1.29, 1.82) is 0 Å². The lowest BCUT2D eigenvalue weighted by molar-refractivity contribution is 0.0922. The third kappa shape index (κ3) is 3.01. The van der Waals surface area contributed by atoms with E-state index in [1.54, 1.807) is 31.2 Å². The minimum absolute atomic E-state index is 0.0701. The van der Waals surface area contributed by atoms with Gasteiger partial charge in [0.2, 0.25) is 0 Å². The van der Waals surface area contributed by atoms with E-state index in [1.165, 1.54) is 0 Å². The van der Waals surface area contributed by atoms with Crippen molar-refractivity contribution in [2.75, 3.05) is 6.61 Å². The molecule has 1 aromatic carbocycles. The minimum Gasteiger partial charge on any atom is -0.394 e. The molecule has 0 fully saturated rings. The maximum atomic E-state index is 11.5. The molecular formula is C10H12ClNO2. The monoisotopic (exact) mass is 213 g/mol. The first-order valence-corrected chi connectivity index (χ1v) is 4.68. The number of carbonyl (C=O) groups excluding carboxylic acids is 1. The lowest BCUT2D eigenvalue weighted by atomic mass is 10.2. The summed E-state index contributed by atoms with van der Waals surface area (Å²) < 4.78 is 0. The number of hydrogen-bond donors (Lipinski definition) is 2. The molecule has 76 valence electrons. The van der Waals surface area contributed by atoms with Crippen LogP contribution in [0.4, 0.5) is 0 Å². The number of hydrogen-bond acceptors (Lipinski definition) is 2. The van der Waals surface area contributed by atoms with E-state index < -0.39 is 0 Å². The predicted octanol–water partition coefficient (Wildman–Crippen LogP) is 1.45. The molecule has 0 aliphatic rings. The van der Waals surface area contributed by atoms with Crippen LogP contribution < -0.4 is 5.32 Å². The number of amides is 1. The molecule has 1 unspecified atom stereocenters. The second-order valence-electron chi connectivity index (χ2n) is 3.06. The van der Waals surface area contributed by atoms with Gasteiger partial charge in [-0.25, -0.2) is 0 Å². The summed E-state index contributed by atoms with van der Waals surface area (Å²) in [5, 5.41) is 12.0. The van der Waals surface area contributed by atoms with Crippen molar-refractivity contribution in [3.8, 4) is 0 Å². The van der Waals surface area contributed by atoms with E-state index >= 15 is 0 Å². The average Bonchev–Trinajstić information content (AvgIpc) is 2.18. The Labute approximate surface area is 87.7 Å². The summed E-state index contributed by atoms with van der Waals surface area (Å²) in [5.74, 6) is -0.205. The zero-order valence-corrected chi connectivity index (χ0v) is 8.58.